The Kier molecular flexibility index (Phi) is 4.85. The third-order valence-electron chi connectivity index (χ3n) is 2.69. The summed E-state index contributed by atoms with van der Waals surface area (Å²) in [6.45, 7) is 0. The molecule has 0 aliphatic carbocycles. The van der Waals surface area contributed by atoms with E-state index in [0.717, 1.165) is 6.08 Å². The van der Waals surface area contributed by atoms with Gasteiger partial charge in [-0.15, -0.1) is 0 Å². The predicted octanol–water partition coefficient (Wildman–Crippen LogP) is 3.24. The number of aliphatic carboxylic acids is 1. The monoisotopic (exact) mass is 337 g/mol. The van der Waals surface area contributed by atoms with Crippen LogP contribution in [0.1, 0.15) is 5.56 Å². The van der Waals surface area contributed by atoms with Crippen molar-refractivity contribution >= 4 is 39.4 Å². The van der Waals surface area contributed by atoms with Crippen LogP contribution >= 0.6 is 11.6 Å². The first-order valence-electron chi connectivity index (χ1n) is 6.16. The zero-order chi connectivity index (χ0) is 16.2. The number of carboxylic acids is 1. The molecule has 0 amide bonds. The molecule has 2 aromatic carbocycles. The highest BCUT2D eigenvalue weighted by atomic mass is 35.5. The van der Waals surface area contributed by atoms with Gasteiger partial charge in [0.1, 0.15) is 0 Å². The predicted molar refractivity (Wildman–Crippen MR) is 85.4 cm³/mol. The largest absolute Gasteiger partial charge is 0.478 e. The molecule has 2 rings (SSSR count). The van der Waals surface area contributed by atoms with E-state index in [1.807, 2.05) is 0 Å². The normalized spacial score (nSPS) is 11.5. The molecule has 0 aliphatic rings. The van der Waals surface area contributed by atoms with Crippen LogP contribution in [-0.2, 0) is 14.8 Å². The van der Waals surface area contributed by atoms with E-state index >= 15 is 0 Å². The molecule has 0 aliphatic heterocycles. The SMILES string of the molecule is O=C(O)C=Cc1ccc(S(=O)(=O)Nc2cccc(Cl)c2)cc1. The molecule has 2 aromatic rings. The summed E-state index contributed by atoms with van der Waals surface area (Å²) in [5, 5.41) is 8.97. The summed E-state index contributed by atoms with van der Waals surface area (Å²) < 4.78 is 26.9. The van der Waals surface area contributed by atoms with Crippen molar-refractivity contribution in [3.8, 4) is 0 Å². The number of rotatable bonds is 5. The summed E-state index contributed by atoms with van der Waals surface area (Å²) in [4.78, 5) is 10.5. The fraction of sp³-hybridized carbons (Fsp3) is 0. The number of nitrogens with one attached hydrogen (secondary N) is 1. The summed E-state index contributed by atoms with van der Waals surface area (Å²) in [6, 6.07) is 12.2. The lowest BCUT2D eigenvalue weighted by molar-refractivity contribution is -0.131. The highest BCUT2D eigenvalue weighted by Gasteiger charge is 2.13. The average Bonchev–Trinajstić information content (AvgIpc) is 2.45. The highest BCUT2D eigenvalue weighted by Crippen LogP contribution is 2.20. The molecule has 0 fully saturated rings. The van der Waals surface area contributed by atoms with E-state index in [4.69, 9.17) is 16.7 Å². The fourth-order valence-corrected chi connectivity index (χ4v) is 2.93. The van der Waals surface area contributed by atoms with Crippen LogP contribution in [0.15, 0.2) is 59.5 Å². The third kappa shape index (κ3) is 4.34. The Balaban J connectivity index is 2.21. The molecular formula is C15H12ClNO4S. The maximum Gasteiger partial charge on any atom is 0.328 e. The van der Waals surface area contributed by atoms with Crippen molar-refractivity contribution in [2.45, 2.75) is 4.90 Å². The second-order valence-corrected chi connectivity index (χ2v) is 6.48. The summed E-state index contributed by atoms with van der Waals surface area (Å²) in [5.41, 5.74) is 0.950. The number of hydrogen-bond acceptors (Lipinski definition) is 3. The molecule has 0 heterocycles. The maximum absolute atomic E-state index is 12.2. The molecule has 0 radical (unpaired) electrons. The van der Waals surface area contributed by atoms with Crippen LogP contribution in [0, 0.1) is 0 Å². The van der Waals surface area contributed by atoms with E-state index in [2.05, 4.69) is 4.72 Å². The molecule has 0 saturated carbocycles. The highest BCUT2D eigenvalue weighted by molar-refractivity contribution is 7.92. The molecule has 0 saturated heterocycles. The van der Waals surface area contributed by atoms with Gasteiger partial charge in [0.05, 0.1) is 10.6 Å². The van der Waals surface area contributed by atoms with Crippen molar-refractivity contribution in [2.75, 3.05) is 4.72 Å². The second-order valence-electron chi connectivity index (χ2n) is 4.36. The van der Waals surface area contributed by atoms with Crippen LogP contribution in [-0.4, -0.2) is 19.5 Å². The number of halogens is 1. The molecule has 114 valence electrons. The van der Waals surface area contributed by atoms with Gasteiger partial charge in [-0.1, -0.05) is 29.8 Å². The van der Waals surface area contributed by atoms with Crippen molar-refractivity contribution in [1.29, 1.82) is 0 Å². The zero-order valence-electron chi connectivity index (χ0n) is 11.2. The Morgan fingerprint density at radius 2 is 1.82 bits per heavy atom. The zero-order valence-corrected chi connectivity index (χ0v) is 12.8. The van der Waals surface area contributed by atoms with Crippen LogP contribution in [0.3, 0.4) is 0 Å². The molecule has 0 bridgehead atoms. The van der Waals surface area contributed by atoms with Gasteiger partial charge in [-0.25, -0.2) is 13.2 Å². The standard InChI is InChI=1S/C15H12ClNO4S/c16-12-2-1-3-13(10-12)17-22(20,21)14-7-4-11(5-8-14)6-9-15(18)19/h1-10,17H,(H,18,19). The smallest absolute Gasteiger partial charge is 0.328 e. The van der Waals surface area contributed by atoms with Gasteiger partial charge in [0.25, 0.3) is 10.0 Å². The number of carboxylic acid groups (broad SMARTS) is 1. The molecule has 2 N–H and O–H groups in total. The molecular weight excluding hydrogens is 326 g/mol. The van der Waals surface area contributed by atoms with Crippen LogP contribution in [0.4, 0.5) is 5.69 Å². The Morgan fingerprint density at radius 1 is 1.14 bits per heavy atom. The topological polar surface area (TPSA) is 83.5 Å². The van der Waals surface area contributed by atoms with Gasteiger partial charge in [-0.2, -0.15) is 0 Å². The second kappa shape index (κ2) is 6.64. The van der Waals surface area contributed by atoms with Crippen LogP contribution in [0.5, 0.6) is 0 Å². The van der Waals surface area contributed by atoms with E-state index in [-0.39, 0.29) is 4.90 Å². The van der Waals surface area contributed by atoms with Gasteiger partial charge in [-0.05, 0) is 42.0 Å². The van der Waals surface area contributed by atoms with E-state index in [9.17, 15) is 13.2 Å². The van der Waals surface area contributed by atoms with Crippen molar-refractivity contribution in [2.24, 2.45) is 0 Å². The van der Waals surface area contributed by atoms with Crippen LogP contribution in [0.25, 0.3) is 6.08 Å². The summed E-state index contributed by atoms with van der Waals surface area (Å²) in [5.74, 6) is -1.07. The molecule has 0 atom stereocenters. The minimum Gasteiger partial charge on any atom is -0.478 e. The molecule has 22 heavy (non-hydrogen) atoms. The first-order chi connectivity index (χ1) is 10.4. The summed E-state index contributed by atoms with van der Waals surface area (Å²) in [6.07, 6.45) is 2.36. The number of sulfonamides is 1. The Hall–Kier alpha value is -2.31. The van der Waals surface area contributed by atoms with E-state index in [1.54, 1.807) is 18.2 Å². The van der Waals surface area contributed by atoms with E-state index in [0.29, 0.717) is 16.3 Å². The quantitative estimate of drug-likeness (QED) is 0.820. The third-order valence-corrected chi connectivity index (χ3v) is 4.32. The van der Waals surface area contributed by atoms with Crippen molar-refractivity contribution in [1.82, 2.24) is 0 Å². The molecule has 5 nitrogen and oxygen atoms in total. The van der Waals surface area contributed by atoms with Crippen molar-refractivity contribution < 1.29 is 18.3 Å². The van der Waals surface area contributed by atoms with E-state index < -0.39 is 16.0 Å². The summed E-state index contributed by atoms with van der Waals surface area (Å²) in [7, 11) is -3.73. The fourth-order valence-electron chi connectivity index (χ4n) is 1.69. The van der Waals surface area contributed by atoms with Crippen LogP contribution in [0.2, 0.25) is 5.02 Å². The molecule has 0 spiro atoms. The Morgan fingerprint density at radius 3 is 2.41 bits per heavy atom. The van der Waals surface area contributed by atoms with Gasteiger partial charge in [-0.3, -0.25) is 4.72 Å². The number of carbonyl (C=O) groups is 1. The van der Waals surface area contributed by atoms with E-state index in [1.165, 1.54) is 36.4 Å². The Bertz CT molecular complexity index is 814. The molecule has 0 unspecified atom stereocenters. The lowest BCUT2D eigenvalue weighted by Gasteiger charge is -2.08. The molecule has 7 heteroatoms. The number of anilines is 1. The maximum atomic E-state index is 12.2. The summed E-state index contributed by atoms with van der Waals surface area (Å²) >= 11 is 5.81. The lowest BCUT2D eigenvalue weighted by Crippen LogP contribution is -2.12. The average molecular weight is 338 g/mol. The van der Waals surface area contributed by atoms with Crippen LogP contribution < -0.4 is 4.72 Å². The van der Waals surface area contributed by atoms with Gasteiger partial charge < -0.3 is 5.11 Å². The van der Waals surface area contributed by atoms with Gasteiger partial charge in [0, 0.05) is 11.1 Å². The van der Waals surface area contributed by atoms with Crippen molar-refractivity contribution in [3.63, 3.8) is 0 Å². The number of hydrogen-bond donors (Lipinski definition) is 2. The number of benzene rings is 2. The van der Waals surface area contributed by atoms with Gasteiger partial charge in [0.2, 0.25) is 0 Å². The molecule has 0 aromatic heterocycles. The van der Waals surface area contributed by atoms with Gasteiger partial charge >= 0.3 is 5.97 Å². The Labute approximate surface area is 132 Å². The van der Waals surface area contributed by atoms with Gasteiger partial charge in [0.15, 0.2) is 0 Å². The first kappa shape index (κ1) is 16.1. The minimum absolute atomic E-state index is 0.0694. The first-order valence-corrected chi connectivity index (χ1v) is 8.02. The minimum atomic E-state index is -3.73. The van der Waals surface area contributed by atoms with Crippen molar-refractivity contribution in [3.05, 3.63) is 65.2 Å². The lowest BCUT2D eigenvalue weighted by atomic mass is 10.2.